The van der Waals surface area contributed by atoms with Gasteiger partial charge in [0.1, 0.15) is 5.56 Å². The van der Waals surface area contributed by atoms with Crippen molar-refractivity contribution in [3.05, 3.63) is 63.6 Å². The summed E-state index contributed by atoms with van der Waals surface area (Å²) in [7, 11) is 0. The maximum Gasteiger partial charge on any atom is 0.261 e. The molecule has 24 heavy (non-hydrogen) atoms. The smallest absolute Gasteiger partial charge is 0.261 e. The molecular weight excluding hydrogens is 306 g/mol. The van der Waals surface area contributed by atoms with Crippen LogP contribution in [0, 0.1) is 13.8 Å². The van der Waals surface area contributed by atoms with Gasteiger partial charge in [0.15, 0.2) is 0 Å². The number of rotatable bonds is 4. The summed E-state index contributed by atoms with van der Waals surface area (Å²) in [4.78, 5) is 35.8. The van der Waals surface area contributed by atoms with Crippen LogP contribution in [0.15, 0.2) is 35.5 Å². The van der Waals surface area contributed by atoms with Gasteiger partial charge in [0, 0.05) is 24.3 Å². The summed E-state index contributed by atoms with van der Waals surface area (Å²) < 4.78 is 1.80. The van der Waals surface area contributed by atoms with E-state index in [1.165, 1.54) is 0 Å². The van der Waals surface area contributed by atoms with Crippen LogP contribution in [0.4, 0.5) is 0 Å². The molecule has 2 N–H and O–H groups in total. The second kappa shape index (κ2) is 6.27. The van der Waals surface area contributed by atoms with Crippen molar-refractivity contribution >= 4 is 11.7 Å². The van der Waals surface area contributed by atoms with Gasteiger partial charge in [-0.05, 0) is 38.0 Å². The number of hydrogen-bond acceptors (Lipinski definition) is 4. The van der Waals surface area contributed by atoms with E-state index in [9.17, 15) is 9.59 Å². The third kappa shape index (κ3) is 2.92. The van der Waals surface area contributed by atoms with E-state index in [-0.39, 0.29) is 17.2 Å². The minimum absolute atomic E-state index is 0.110. The highest BCUT2D eigenvalue weighted by atomic mass is 16.2. The average molecular weight is 325 g/mol. The highest BCUT2D eigenvalue weighted by molar-refractivity contribution is 5.94. The van der Waals surface area contributed by atoms with Crippen molar-refractivity contribution in [2.45, 2.75) is 33.2 Å². The molecule has 3 aromatic rings. The summed E-state index contributed by atoms with van der Waals surface area (Å²) in [6.45, 7) is 5.61. The molecule has 3 heterocycles. The number of carbonyl (C=O) groups excluding carboxylic acids is 1. The number of aromatic nitrogens is 4. The van der Waals surface area contributed by atoms with Gasteiger partial charge in [-0.15, -0.1) is 0 Å². The van der Waals surface area contributed by atoms with Crippen LogP contribution in [0.2, 0.25) is 0 Å². The van der Waals surface area contributed by atoms with E-state index in [1.54, 1.807) is 23.6 Å². The molecule has 0 spiro atoms. The van der Waals surface area contributed by atoms with Gasteiger partial charge in [-0.25, -0.2) is 9.97 Å². The first-order valence-corrected chi connectivity index (χ1v) is 7.80. The van der Waals surface area contributed by atoms with Crippen LogP contribution in [0.3, 0.4) is 0 Å². The quantitative estimate of drug-likeness (QED) is 0.766. The Morgan fingerprint density at radius 3 is 2.92 bits per heavy atom. The number of carbonyl (C=O) groups is 1. The van der Waals surface area contributed by atoms with Crippen LogP contribution in [0.5, 0.6) is 0 Å². The lowest BCUT2D eigenvalue weighted by Crippen LogP contribution is -2.33. The molecule has 124 valence electrons. The molecule has 3 aromatic heterocycles. The van der Waals surface area contributed by atoms with Crippen molar-refractivity contribution in [3.8, 4) is 0 Å². The van der Waals surface area contributed by atoms with Crippen LogP contribution >= 0.6 is 0 Å². The third-order valence-electron chi connectivity index (χ3n) is 4.07. The zero-order valence-corrected chi connectivity index (χ0v) is 13.8. The normalized spacial score (nSPS) is 12.3. The fourth-order valence-corrected chi connectivity index (χ4v) is 2.53. The Balaban J connectivity index is 1.89. The summed E-state index contributed by atoms with van der Waals surface area (Å²) in [5.41, 5.74) is 2.06. The lowest BCUT2D eigenvalue weighted by molar-refractivity contribution is 0.0933. The maximum atomic E-state index is 12.5. The Labute approximate surface area is 138 Å². The molecule has 1 atom stereocenters. The fourth-order valence-electron chi connectivity index (χ4n) is 2.53. The molecular formula is C17H19N5O2. The average Bonchev–Trinajstić information content (AvgIpc) is 2.99. The second-order valence-electron chi connectivity index (χ2n) is 5.75. The van der Waals surface area contributed by atoms with E-state index < -0.39 is 5.91 Å². The molecule has 0 aliphatic rings. The Hall–Kier alpha value is -2.96. The highest BCUT2D eigenvalue weighted by Gasteiger charge is 2.19. The minimum Gasteiger partial charge on any atom is -0.343 e. The Morgan fingerprint density at radius 2 is 2.21 bits per heavy atom. The molecule has 0 aromatic carbocycles. The Bertz CT molecular complexity index is 924. The van der Waals surface area contributed by atoms with E-state index >= 15 is 0 Å². The number of amides is 1. The number of pyridine rings is 1. The molecule has 3 rings (SSSR count). The third-order valence-corrected chi connectivity index (χ3v) is 4.07. The van der Waals surface area contributed by atoms with Gasteiger partial charge < -0.3 is 10.3 Å². The summed E-state index contributed by atoms with van der Waals surface area (Å²) in [6, 6.07) is 3.13. The maximum absolute atomic E-state index is 12.5. The molecule has 0 aliphatic carbocycles. The largest absolute Gasteiger partial charge is 0.343 e. The van der Waals surface area contributed by atoms with Gasteiger partial charge in [-0.3, -0.25) is 14.0 Å². The summed E-state index contributed by atoms with van der Waals surface area (Å²) in [6.07, 6.45) is 6.00. The van der Waals surface area contributed by atoms with Crippen molar-refractivity contribution in [2.75, 3.05) is 0 Å². The van der Waals surface area contributed by atoms with Crippen molar-refractivity contribution < 1.29 is 4.79 Å². The van der Waals surface area contributed by atoms with E-state index in [4.69, 9.17) is 0 Å². The van der Waals surface area contributed by atoms with Gasteiger partial charge in [-0.2, -0.15) is 0 Å². The molecule has 0 radical (unpaired) electrons. The lowest BCUT2D eigenvalue weighted by Gasteiger charge is -2.14. The standard InChI is InChI=1S/C17H19N5O2/c1-4-13(14-9-22-7-5-6-18-17(22)21-14)20-16(24)12-8-10(2)11(3)19-15(12)23/h5-9,13H,4H2,1-3H3,(H,19,23)(H,20,24). The van der Waals surface area contributed by atoms with Crippen LogP contribution in [-0.2, 0) is 0 Å². The molecule has 0 fully saturated rings. The lowest BCUT2D eigenvalue weighted by atomic mass is 10.1. The first-order valence-electron chi connectivity index (χ1n) is 7.80. The van der Waals surface area contributed by atoms with Crippen molar-refractivity contribution in [3.63, 3.8) is 0 Å². The van der Waals surface area contributed by atoms with Gasteiger partial charge in [-0.1, -0.05) is 6.92 Å². The highest BCUT2D eigenvalue weighted by Crippen LogP contribution is 2.16. The Morgan fingerprint density at radius 1 is 1.42 bits per heavy atom. The number of aryl methyl sites for hydroxylation is 2. The van der Waals surface area contributed by atoms with Gasteiger partial charge in [0.2, 0.25) is 5.78 Å². The van der Waals surface area contributed by atoms with E-state index in [0.717, 1.165) is 11.3 Å². The molecule has 7 nitrogen and oxygen atoms in total. The topological polar surface area (TPSA) is 92.2 Å². The molecule has 1 amide bonds. The number of fused-ring (bicyclic) bond motifs is 1. The molecule has 0 saturated carbocycles. The monoisotopic (exact) mass is 325 g/mol. The SMILES string of the molecule is CCC(NC(=O)c1cc(C)c(C)[nH]c1=O)c1cn2cccnc2n1. The first-order chi connectivity index (χ1) is 11.5. The predicted molar refractivity (Wildman–Crippen MR) is 90.0 cm³/mol. The molecule has 7 heteroatoms. The number of nitrogens with one attached hydrogen (secondary N) is 2. The van der Waals surface area contributed by atoms with Crippen molar-refractivity contribution in [2.24, 2.45) is 0 Å². The zero-order valence-electron chi connectivity index (χ0n) is 13.8. The van der Waals surface area contributed by atoms with Gasteiger partial charge in [0.25, 0.3) is 11.5 Å². The fraction of sp³-hybridized carbons (Fsp3) is 0.294. The number of H-pyrrole nitrogens is 1. The first kappa shape index (κ1) is 15.9. The van der Waals surface area contributed by atoms with E-state index in [2.05, 4.69) is 20.3 Å². The summed E-state index contributed by atoms with van der Waals surface area (Å²) >= 11 is 0. The van der Waals surface area contributed by atoms with Crippen LogP contribution in [0.25, 0.3) is 5.78 Å². The second-order valence-corrected chi connectivity index (χ2v) is 5.75. The number of nitrogens with zero attached hydrogens (tertiary/aromatic N) is 3. The predicted octanol–water partition coefficient (Wildman–Crippen LogP) is 1.92. The van der Waals surface area contributed by atoms with Crippen LogP contribution < -0.4 is 10.9 Å². The number of aromatic amines is 1. The minimum atomic E-state index is -0.406. The van der Waals surface area contributed by atoms with Crippen LogP contribution in [0.1, 0.15) is 46.7 Å². The number of hydrogen-bond donors (Lipinski definition) is 2. The molecule has 0 aliphatic heterocycles. The Kier molecular flexibility index (Phi) is 4.16. The van der Waals surface area contributed by atoms with E-state index in [0.29, 0.717) is 17.9 Å². The van der Waals surface area contributed by atoms with Crippen molar-refractivity contribution in [1.29, 1.82) is 0 Å². The van der Waals surface area contributed by atoms with Gasteiger partial charge >= 0.3 is 0 Å². The zero-order chi connectivity index (χ0) is 17.3. The van der Waals surface area contributed by atoms with Crippen LogP contribution in [-0.4, -0.2) is 25.3 Å². The molecule has 1 unspecified atom stereocenters. The van der Waals surface area contributed by atoms with Gasteiger partial charge in [0.05, 0.1) is 11.7 Å². The summed E-state index contributed by atoms with van der Waals surface area (Å²) in [5.74, 6) is 0.167. The molecule has 0 saturated heterocycles. The van der Waals surface area contributed by atoms with Crippen molar-refractivity contribution in [1.82, 2.24) is 24.7 Å². The molecule has 0 bridgehead atoms. The summed E-state index contributed by atoms with van der Waals surface area (Å²) in [5, 5.41) is 2.89. The number of imidazole rings is 1. The van der Waals surface area contributed by atoms with E-state index in [1.807, 2.05) is 32.3 Å².